The van der Waals surface area contributed by atoms with Gasteiger partial charge in [0, 0.05) is 11.1 Å². The van der Waals surface area contributed by atoms with Crippen molar-refractivity contribution >= 4 is 18.5 Å². The molecule has 0 aliphatic heterocycles. The summed E-state index contributed by atoms with van der Waals surface area (Å²) in [4.78, 5) is 4.68. The summed E-state index contributed by atoms with van der Waals surface area (Å²) in [6.45, 7) is 8.81. The molecular weight excluding hydrogens is 118 g/mol. The van der Waals surface area contributed by atoms with E-state index in [4.69, 9.17) is 0 Å². The standard InChI is InChI=1S/C6H9NS/c1-4-8-6(2)5-7-3/h4-5H,1,3H2,2H3/b6-5+. The van der Waals surface area contributed by atoms with Gasteiger partial charge < -0.3 is 0 Å². The van der Waals surface area contributed by atoms with Crippen LogP contribution >= 0.6 is 11.8 Å². The molecule has 0 bridgehead atoms. The topological polar surface area (TPSA) is 12.4 Å². The zero-order valence-corrected chi connectivity index (χ0v) is 5.74. The van der Waals surface area contributed by atoms with Gasteiger partial charge in [0.25, 0.3) is 0 Å². The van der Waals surface area contributed by atoms with Crippen molar-refractivity contribution in [1.82, 2.24) is 0 Å². The quantitative estimate of drug-likeness (QED) is 0.530. The van der Waals surface area contributed by atoms with E-state index in [9.17, 15) is 0 Å². The molecule has 0 aromatic heterocycles. The van der Waals surface area contributed by atoms with E-state index in [0.29, 0.717) is 0 Å². The molecule has 0 rings (SSSR count). The highest BCUT2D eigenvalue weighted by atomic mass is 32.2. The average molecular weight is 127 g/mol. The number of rotatable bonds is 3. The fraction of sp³-hybridized carbons (Fsp3) is 0.167. The SMILES string of the molecule is C=CS/C(C)=C/N=C. The Morgan fingerprint density at radius 2 is 2.38 bits per heavy atom. The van der Waals surface area contributed by atoms with Gasteiger partial charge in [0.05, 0.1) is 0 Å². The summed E-state index contributed by atoms with van der Waals surface area (Å²) in [6.07, 6.45) is 1.70. The molecule has 0 aromatic rings. The van der Waals surface area contributed by atoms with Crippen molar-refractivity contribution in [3.05, 3.63) is 23.1 Å². The lowest BCUT2D eigenvalue weighted by Crippen LogP contribution is -1.58. The lowest BCUT2D eigenvalue weighted by Gasteiger charge is -1.87. The summed E-state index contributed by atoms with van der Waals surface area (Å²) in [5.41, 5.74) is 0. The van der Waals surface area contributed by atoms with Gasteiger partial charge in [-0.15, -0.1) is 11.8 Å². The Balaban J connectivity index is 3.60. The van der Waals surface area contributed by atoms with Gasteiger partial charge in [0.1, 0.15) is 0 Å². The number of allylic oxidation sites excluding steroid dienone is 1. The molecule has 0 aliphatic carbocycles. The predicted molar refractivity (Wildman–Crippen MR) is 41.1 cm³/mol. The summed E-state index contributed by atoms with van der Waals surface area (Å²) in [5.74, 6) is 0. The summed E-state index contributed by atoms with van der Waals surface area (Å²) in [6, 6.07) is 0. The fourth-order valence-corrected chi connectivity index (χ4v) is 0.689. The average Bonchev–Trinajstić information content (AvgIpc) is 1.68. The third-order valence-corrected chi connectivity index (χ3v) is 1.19. The van der Waals surface area contributed by atoms with Crippen LogP contribution in [0.3, 0.4) is 0 Å². The molecule has 0 unspecified atom stereocenters. The highest BCUT2D eigenvalue weighted by Crippen LogP contribution is 2.13. The van der Waals surface area contributed by atoms with E-state index in [1.54, 1.807) is 23.4 Å². The minimum atomic E-state index is 1.11. The molecule has 2 heteroatoms. The first-order chi connectivity index (χ1) is 3.81. The number of thioether (sulfide) groups is 1. The van der Waals surface area contributed by atoms with Crippen LogP contribution in [0.2, 0.25) is 0 Å². The Labute approximate surface area is 54.2 Å². The molecule has 0 heterocycles. The Kier molecular flexibility index (Phi) is 4.36. The summed E-state index contributed by atoms with van der Waals surface area (Å²) < 4.78 is 0. The second-order valence-corrected chi connectivity index (χ2v) is 2.42. The molecule has 0 aliphatic rings. The minimum absolute atomic E-state index is 1.11. The van der Waals surface area contributed by atoms with Crippen LogP contribution in [-0.2, 0) is 0 Å². The van der Waals surface area contributed by atoms with Crippen LogP contribution in [0.25, 0.3) is 0 Å². The Bertz CT molecular complexity index is 116. The van der Waals surface area contributed by atoms with Crippen molar-refractivity contribution in [3.63, 3.8) is 0 Å². The van der Waals surface area contributed by atoms with Crippen LogP contribution in [0.5, 0.6) is 0 Å². The second kappa shape index (κ2) is 4.65. The molecule has 0 radical (unpaired) electrons. The Morgan fingerprint density at radius 3 is 2.75 bits per heavy atom. The van der Waals surface area contributed by atoms with E-state index in [-0.39, 0.29) is 0 Å². The summed E-state index contributed by atoms with van der Waals surface area (Å²) in [5, 5.41) is 1.76. The van der Waals surface area contributed by atoms with Crippen LogP contribution in [0.1, 0.15) is 6.92 Å². The van der Waals surface area contributed by atoms with E-state index in [2.05, 4.69) is 18.3 Å². The zero-order chi connectivity index (χ0) is 6.41. The molecule has 8 heavy (non-hydrogen) atoms. The lowest BCUT2D eigenvalue weighted by atomic mass is 10.7. The summed E-state index contributed by atoms with van der Waals surface area (Å²) in [7, 11) is 0. The summed E-state index contributed by atoms with van der Waals surface area (Å²) >= 11 is 1.55. The number of aliphatic imine (C=N–C) groups is 1. The lowest BCUT2D eigenvalue weighted by molar-refractivity contribution is 1.53. The van der Waals surface area contributed by atoms with E-state index < -0.39 is 0 Å². The van der Waals surface area contributed by atoms with E-state index in [0.717, 1.165) is 4.91 Å². The third kappa shape index (κ3) is 3.68. The molecule has 0 N–H and O–H groups in total. The fourth-order valence-electron chi connectivity index (χ4n) is 0.290. The van der Waals surface area contributed by atoms with Crippen molar-refractivity contribution in [1.29, 1.82) is 0 Å². The molecule has 0 amide bonds. The van der Waals surface area contributed by atoms with E-state index >= 15 is 0 Å². The van der Waals surface area contributed by atoms with Crippen molar-refractivity contribution in [2.75, 3.05) is 0 Å². The monoisotopic (exact) mass is 127 g/mol. The first-order valence-electron chi connectivity index (χ1n) is 2.21. The largest absolute Gasteiger partial charge is 0.272 e. The molecule has 0 atom stereocenters. The van der Waals surface area contributed by atoms with Gasteiger partial charge in [-0.1, -0.05) is 6.58 Å². The highest BCUT2D eigenvalue weighted by molar-refractivity contribution is 8.05. The maximum Gasteiger partial charge on any atom is 0.0356 e. The maximum absolute atomic E-state index is 3.57. The predicted octanol–water partition coefficient (Wildman–Crippen LogP) is 2.43. The maximum atomic E-state index is 3.57. The molecule has 0 saturated carbocycles. The number of hydrogen-bond donors (Lipinski definition) is 0. The first kappa shape index (κ1) is 7.50. The van der Waals surface area contributed by atoms with Crippen LogP contribution in [0, 0.1) is 0 Å². The van der Waals surface area contributed by atoms with Crippen molar-refractivity contribution < 1.29 is 0 Å². The number of hydrogen-bond acceptors (Lipinski definition) is 2. The zero-order valence-electron chi connectivity index (χ0n) is 4.92. The van der Waals surface area contributed by atoms with Gasteiger partial charge in [-0.05, 0) is 19.0 Å². The van der Waals surface area contributed by atoms with Crippen molar-refractivity contribution in [2.45, 2.75) is 6.92 Å². The minimum Gasteiger partial charge on any atom is -0.272 e. The van der Waals surface area contributed by atoms with Gasteiger partial charge in [-0.3, -0.25) is 4.99 Å². The molecule has 0 aromatic carbocycles. The van der Waals surface area contributed by atoms with Crippen LogP contribution in [-0.4, -0.2) is 6.72 Å². The Hall–Kier alpha value is -0.500. The number of nitrogens with zero attached hydrogens (tertiary/aromatic N) is 1. The van der Waals surface area contributed by atoms with Crippen molar-refractivity contribution in [3.8, 4) is 0 Å². The van der Waals surface area contributed by atoms with E-state index in [1.165, 1.54) is 0 Å². The second-order valence-electron chi connectivity index (χ2n) is 1.21. The first-order valence-corrected chi connectivity index (χ1v) is 3.09. The van der Waals surface area contributed by atoms with Crippen LogP contribution in [0.4, 0.5) is 0 Å². The molecule has 0 spiro atoms. The molecular formula is C6H9NS. The molecule has 0 fully saturated rings. The van der Waals surface area contributed by atoms with Gasteiger partial charge in [-0.2, -0.15) is 0 Å². The third-order valence-electron chi connectivity index (χ3n) is 0.542. The van der Waals surface area contributed by atoms with Crippen LogP contribution < -0.4 is 0 Å². The smallest absolute Gasteiger partial charge is 0.0356 e. The van der Waals surface area contributed by atoms with Gasteiger partial charge in [0.2, 0.25) is 0 Å². The highest BCUT2D eigenvalue weighted by Gasteiger charge is 1.79. The normalized spacial score (nSPS) is 10.9. The van der Waals surface area contributed by atoms with Crippen molar-refractivity contribution in [2.24, 2.45) is 4.99 Å². The van der Waals surface area contributed by atoms with Gasteiger partial charge in [0.15, 0.2) is 0 Å². The van der Waals surface area contributed by atoms with Gasteiger partial charge in [-0.25, -0.2) is 0 Å². The molecule has 0 saturated heterocycles. The molecule has 1 nitrogen and oxygen atoms in total. The van der Waals surface area contributed by atoms with Crippen LogP contribution in [0.15, 0.2) is 28.1 Å². The molecule has 44 valence electrons. The van der Waals surface area contributed by atoms with Gasteiger partial charge >= 0.3 is 0 Å². The van der Waals surface area contributed by atoms with E-state index in [1.807, 2.05) is 6.92 Å². The Morgan fingerprint density at radius 1 is 1.75 bits per heavy atom.